The number of rotatable bonds is 4. The lowest BCUT2D eigenvalue weighted by atomic mass is 10.2. The zero-order valence-corrected chi connectivity index (χ0v) is 12.4. The van der Waals surface area contributed by atoms with E-state index in [0.29, 0.717) is 12.0 Å². The van der Waals surface area contributed by atoms with Crippen molar-refractivity contribution in [1.29, 1.82) is 0 Å². The van der Waals surface area contributed by atoms with Crippen molar-refractivity contribution in [2.75, 3.05) is 25.2 Å². The lowest BCUT2D eigenvalue weighted by Gasteiger charge is -2.23. The van der Waals surface area contributed by atoms with Gasteiger partial charge in [-0.05, 0) is 18.6 Å². The average Bonchev–Trinajstić information content (AvgIpc) is 2.84. The number of carbonyl (C=O) groups excluding carboxylic acids is 2. The summed E-state index contributed by atoms with van der Waals surface area (Å²) in [5.41, 5.74) is 0.309. The molecule has 1 saturated heterocycles. The number of nitrogens with zero attached hydrogens (tertiary/aromatic N) is 2. The van der Waals surface area contributed by atoms with Crippen LogP contribution in [0.3, 0.4) is 0 Å². The van der Waals surface area contributed by atoms with Crippen LogP contribution in [0.25, 0.3) is 0 Å². The molecule has 1 atom stereocenters. The third kappa shape index (κ3) is 4.01. The van der Waals surface area contributed by atoms with Gasteiger partial charge < -0.3 is 9.64 Å². The molecule has 7 nitrogen and oxygen atoms in total. The summed E-state index contributed by atoms with van der Waals surface area (Å²) in [4.78, 5) is 28.7. The lowest BCUT2D eigenvalue weighted by molar-refractivity contribution is -0.134. The van der Waals surface area contributed by atoms with Crippen LogP contribution in [-0.2, 0) is 19.4 Å². The molecule has 1 aromatic heterocycles. The number of sulfone groups is 1. The molecule has 1 aliphatic heterocycles. The number of likely N-dealkylation sites (N-methyl/N-ethyl adjacent to an activating group) is 1. The number of hydrogen-bond donors (Lipinski definition) is 0. The minimum atomic E-state index is -3.06. The first kappa shape index (κ1) is 15.4. The molecule has 2 rings (SSSR count). The Morgan fingerprint density at radius 1 is 1.38 bits per heavy atom. The van der Waals surface area contributed by atoms with E-state index in [-0.39, 0.29) is 17.5 Å². The van der Waals surface area contributed by atoms with Crippen molar-refractivity contribution in [2.24, 2.45) is 0 Å². The molecular formula is C13H16N2O5S. The van der Waals surface area contributed by atoms with Crippen LogP contribution in [0.2, 0.25) is 0 Å². The highest BCUT2D eigenvalue weighted by Crippen LogP contribution is 2.16. The molecule has 0 saturated carbocycles. The van der Waals surface area contributed by atoms with Gasteiger partial charge in [-0.2, -0.15) is 0 Å². The predicted molar refractivity (Wildman–Crippen MR) is 74.3 cm³/mol. The average molecular weight is 312 g/mol. The first-order chi connectivity index (χ1) is 9.89. The first-order valence-electron chi connectivity index (χ1n) is 6.42. The van der Waals surface area contributed by atoms with Crippen molar-refractivity contribution in [3.05, 3.63) is 30.1 Å². The Hall–Kier alpha value is -1.96. The van der Waals surface area contributed by atoms with Gasteiger partial charge in [-0.3, -0.25) is 9.78 Å². The molecule has 114 valence electrons. The Morgan fingerprint density at radius 2 is 2.05 bits per heavy atom. The summed E-state index contributed by atoms with van der Waals surface area (Å²) < 4.78 is 27.7. The standard InChI is InChI=1S/C13H16N2O5S/c1-15(11-4-7-21(18,19)9-11)12(16)8-20-13(17)10-2-5-14-6-3-10/h2-3,5-6,11H,4,7-9H2,1H3/t11-/m0/s1. The van der Waals surface area contributed by atoms with E-state index >= 15 is 0 Å². The van der Waals surface area contributed by atoms with Gasteiger partial charge in [-0.25, -0.2) is 13.2 Å². The molecule has 21 heavy (non-hydrogen) atoms. The van der Waals surface area contributed by atoms with Gasteiger partial charge in [0.2, 0.25) is 0 Å². The minimum absolute atomic E-state index is 0.0342. The van der Waals surface area contributed by atoms with Crippen LogP contribution in [0.15, 0.2) is 24.5 Å². The number of hydrogen-bond acceptors (Lipinski definition) is 6. The van der Waals surface area contributed by atoms with E-state index in [4.69, 9.17) is 4.74 Å². The van der Waals surface area contributed by atoms with Gasteiger partial charge in [-0.15, -0.1) is 0 Å². The van der Waals surface area contributed by atoms with E-state index in [1.165, 1.54) is 36.5 Å². The van der Waals surface area contributed by atoms with Crippen LogP contribution in [-0.4, -0.2) is 61.4 Å². The van der Waals surface area contributed by atoms with E-state index in [1.54, 1.807) is 0 Å². The highest BCUT2D eigenvalue weighted by Gasteiger charge is 2.32. The molecular weight excluding hydrogens is 296 g/mol. The number of ether oxygens (including phenoxy) is 1. The summed E-state index contributed by atoms with van der Waals surface area (Å²) in [5, 5.41) is 0. The van der Waals surface area contributed by atoms with Crippen molar-refractivity contribution >= 4 is 21.7 Å². The van der Waals surface area contributed by atoms with Crippen molar-refractivity contribution in [1.82, 2.24) is 9.88 Å². The summed E-state index contributed by atoms with van der Waals surface area (Å²) in [6.07, 6.45) is 3.32. The zero-order valence-electron chi connectivity index (χ0n) is 11.6. The largest absolute Gasteiger partial charge is 0.452 e. The van der Waals surface area contributed by atoms with Gasteiger partial charge in [0.15, 0.2) is 16.4 Å². The Labute approximate surface area is 122 Å². The van der Waals surface area contributed by atoms with Gasteiger partial charge in [0.05, 0.1) is 17.1 Å². The second-order valence-corrected chi connectivity index (χ2v) is 7.10. The summed E-state index contributed by atoms with van der Waals surface area (Å²) in [6.45, 7) is -0.409. The fourth-order valence-corrected chi connectivity index (χ4v) is 3.86. The zero-order chi connectivity index (χ0) is 15.5. The predicted octanol–water partition coefficient (Wildman–Crippen LogP) is -0.116. The van der Waals surface area contributed by atoms with Crippen molar-refractivity contribution in [2.45, 2.75) is 12.5 Å². The fraction of sp³-hybridized carbons (Fsp3) is 0.462. The number of esters is 1. The van der Waals surface area contributed by atoms with Crippen LogP contribution in [0, 0.1) is 0 Å². The van der Waals surface area contributed by atoms with E-state index in [9.17, 15) is 18.0 Å². The second kappa shape index (κ2) is 6.21. The molecule has 1 amide bonds. The molecule has 0 bridgehead atoms. The summed E-state index contributed by atoms with van der Waals surface area (Å²) in [7, 11) is -1.53. The Bertz CT molecular complexity index is 629. The van der Waals surface area contributed by atoms with Crippen LogP contribution in [0.5, 0.6) is 0 Å². The number of carbonyl (C=O) groups is 2. The van der Waals surface area contributed by atoms with Gasteiger partial charge in [0, 0.05) is 25.5 Å². The topological polar surface area (TPSA) is 93.6 Å². The smallest absolute Gasteiger partial charge is 0.338 e. The molecule has 1 aromatic rings. The van der Waals surface area contributed by atoms with Gasteiger partial charge in [0.25, 0.3) is 5.91 Å². The van der Waals surface area contributed by atoms with E-state index in [0.717, 1.165) is 0 Å². The highest BCUT2D eigenvalue weighted by molar-refractivity contribution is 7.91. The Morgan fingerprint density at radius 3 is 2.62 bits per heavy atom. The van der Waals surface area contributed by atoms with E-state index < -0.39 is 28.3 Å². The molecule has 1 aliphatic rings. The van der Waals surface area contributed by atoms with E-state index in [2.05, 4.69) is 4.98 Å². The molecule has 0 spiro atoms. The molecule has 0 aromatic carbocycles. The summed E-state index contributed by atoms with van der Waals surface area (Å²) in [6, 6.07) is 2.63. The first-order valence-corrected chi connectivity index (χ1v) is 8.24. The minimum Gasteiger partial charge on any atom is -0.452 e. The Kier molecular flexibility index (Phi) is 4.56. The van der Waals surface area contributed by atoms with Crippen molar-refractivity contribution in [3.8, 4) is 0 Å². The maximum absolute atomic E-state index is 11.9. The number of amides is 1. The second-order valence-electron chi connectivity index (χ2n) is 4.87. The van der Waals surface area contributed by atoms with Crippen LogP contribution >= 0.6 is 0 Å². The third-order valence-corrected chi connectivity index (χ3v) is 5.14. The number of aromatic nitrogens is 1. The Balaban J connectivity index is 1.86. The molecule has 0 unspecified atom stereocenters. The van der Waals surface area contributed by atoms with Crippen molar-refractivity contribution in [3.63, 3.8) is 0 Å². The monoisotopic (exact) mass is 312 g/mol. The third-order valence-electron chi connectivity index (χ3n) is 3.39. The molecule has 0 aliphatic carbocycles. The normalized spacial score (nSPS) is 20.0. The maximum atomic E-state index is 11.9. The number of pyridine rings is 1. The molecule has 1 fully saturated rings. The van der Waals surface area contributed by atoms with E-state index in [1.807, 2.05) is 0 Å². The molecule has 0 radical (unpaired) electrons. The SMILES string of the molecule is CN(C(=O)COC(=O)c1ccncc1)[C@H]1CCS(=O)(=O)C1. The van der Waals surface area contributed by atoms with Crippen LogP contribution in [0.4, 0.5) is 0 Å². The molecule has 0 N–H and O–H groups in total. The highest BCUT2D eigenvalue weighted by atomic mass is 32.2. The lowest BCUT2D eigenvalue weighted by Crippen LogP contribution is -2.40. The summed E-state index contributed by atoms with van der Waals surface area (Å²) >= 11 is 0. The van der Waals surface area contributed by atoms with Gasteiger partial charge in [0.1, 0.15) is 0 Å². The quantitative estimate of drug-likeness (QED) is 0.720. The summed E-state index contributed by atoms with van der Waals surface area (Å²) in [5.74, 6) is -0.975. The molecule has 8 heteroatoms. The van der Waals surface area contributed by atoms with Gasteiger partial charge in [-0.1, -0.05) is 0 Å². The molecule has 2 heterocycles. The maximum Gasteiger partial charge on any atom is 0.338 e. The van der Waals surface area contributed by atoms with Gasteiger partial charge >= 0.3 is 5.97 Å². The fourth-order valence-electron chi connectivity index (χ4n) is 2.08. The van der Waals surface area contributed by atoms with Crippen LogP contribution < -0.4 is 0 Å². The van der Waals surface area contributed by atoms with Crippen LogP contribution in [0.1, 0.15) is 16.8 Å². The van der Waals surface area contributed by atoms with Crippen molar-refractivity contribution < 1.29 is 22.7 Å².